The Hall–Kier alpha value is -2.54. The van der Waals surface area contributed by atoms with Gasteiger partial charge in [0.1, 0.15) is 12.7 Å². The van der Waals surface area contributed by atoms with Crippen molar-refractivity contribution in [2.24, 2.45) is 5.92 Å². The topological polar surface area (TPSA) is 93.1 Å². The number of hydrogen-bond acceptors (Lipinski definition) is 4. The molecular formula is C22H33N3O4. The van der Waals surface area contributed by atoms with Crippen LogP contribution in [0.15, 0.2) is 36.2 Å². The summed E-state index contributed by atoms with van der Waals surface area (Å²) < 4.78 is 0. The second kappa shape index (κ2) is 10.3. The molecule has 1 aliphatic heterocycles. The summed E-state index contributed by atoms with van der Waals surface area (Å²) in [6.45, 7) is 9.66. The molecule has 0 saturated heterocycles. The van der Waals surface area contributed by atoms with Crippen molar-refractivity contribution in [3.63, 3.8) is 0 Å². The van der Waals surface area contributed by atoms with E-state index in [0.717, 1.165) is 11.3 Å². The standard InChI is InChI=1S/C22H33N3O4/c1-15(2)11-20(21(26)27)23-10-9-19-13-25(22(28)29)14-24(19)12-17-5-7-18(8-6-17)16(3)4/h5-8,13,15-16,20,23H,9-12,14H2,1-4H3,(H,26,27)(H,28,29). The molecule has 0 spiro atoms. The molecule has 3 N–H and O–H groups in total. The zero-order valence-corrected chi connectivity index (χ0v) is 17.8. The Morgan fingerprint density at radius 1 is 1.10 bits per heavy atom. The number of carboxylic acids is 1. The van der Waals surface area contributed by atoms with E-state index in [1.807, 2.05) is 18.7 Å². The average molecular weight is 404 g/mol. The lowest BCUT2D eigenvalue weighted by atomic mass is 10.0. The van der Waals surface area contributed by atoms with Crippen molar-refractivity contribution >= 4 is 12.1 Å². The molecule has 7 heteroatoms. The lowest BCUT2D eigenvalue weighted by Crippen LogP contribution is -2.38. The highest BCUT2D eigenvalue weighted by Crippen LogP contribution is 2.23. The van der Waals surface area contributed by atoms with Crippen LogP contribution in [0.2, 0.25) is 0 Å². The highest BCUT2D eigenvalue weighted by atomic mass is 16.4. The predicted molar refractivity (Wildman–Crippen MR) is 112 cm³/mol. The van der Waals surface area contributed by atoms with Gasteiger partial charge in [0.05, 0.1) is 0 Å². The minimum Gasteiger partial charge on any atom is -0.480 e. The largest absolute Gasteiger partial charge is 0.480 e. The highest BCUT2D eigenvalue weighted by Gasteiger charge is 2.25. The molecule has 0 fully saturated rings. The van der Waals surface area contributed by atoms with E-state index in [1.165, 1.54) is 10.5 Å². The number of aliphatic carboxylic acids is 1. The molecule has 29 heavy (non-hydrogen) atoms. The number of hydrogen-bond donors (Lipinski definition) is 3. The van der Waals surface area contributed by atoms with Gasteiger partial charge >= 0.3 is 12.1 Å². The van der Waals surface area contributed by atoms with Gasteiger partial charge in [-0.15, -0.1) is 0 Å². The molecule has 7 nitrogen and oxygen atoms in total. The smallest absolute Gasteiger partial charge is 0.412 e. The van der Waals surface area contributed by atoms with Crippen LogP contribution in [-0.2, 0) is 11.3 Å². The molecule has 0 aliphatic carbocycles. The first-order valence-corrected chi connectivity index (χ1v) is 10.2. The summed E-state index contributed by atoms with van der Waals surface area (Å²) in [4.78, 5) is 26.1. The van der Waals surface area contributed by atoms with E-state index in [9.17, 15) is 19.8 Å². The average Bonchev–Trinajstić information content (AvgIpc) is 3.04. The van der Waals surface area contributed by atoms with Gasteiger partial charge in [0.15, 0.2) is 0 Å². The van der Waals surface area contributed by atoms with Crippen LogP contribution in [0.5, 0.6) is 0 Å². The first-order chi connectivity index (χ1) is 13.7. The van der Waals surface area contributed by atoms with Gasteiger partial charge < -0.3 is 20.4 Å². The third kappa shape index (κ3) is 6.78. The quantitative estimate of drug-likeness (QED) is 0.549. The Morgan fingerprint density at radius 2 is 1.76 bits per heavy atom. The lowest BCUT2D eigenvalue weighted by Gasteiger charge is -2.24. The number of benzene rings is 1. The van der Waals surface area contributed by atoms with E-state index in [1.54, 1.807) is 6.20 Å². The minimum atomic E-state index is -0.990. The first kappa shape index (κ1) is 22.7. The molecule has 2 rings (SSSR count). The molecular weight excluding hydrogens is 370 g/mol. The van der Waals surface area contributed by atoms with Gasteiger partial charge in [-0.2, -0.15) is 0 Å². The van der Waals surface area contributed by atoms with Gasteiger partial charge in [0.2, 0.25) is 0 Å². The third-order valence-corrected chi connectivity index (χ3v) is 5.08. The van der Waals surface area contributed by atoms with Crippen molar-refractivity contribution in [3.8, 4) is 0 Å². The van der Waals surface area contributed by atoms with Crippen LogP contribution in [0.25, 0.3) is 0 Å². The van der Waals surface area contributed by atoms with E-state index in [2.05, 4.69) is 43.4 Å². The summed E-state index contributed by atoms with van der Waals surface area (Å²) in [5.41, 5.74) is 3.28. The monoisotopic (exact) mass is 403 g/mol. The van der Waals surface area contributed by atoms with Gasteiger partial charge in [0, 0.05) is 31.4 Å². The summed E-state index contributed by atoms with van der Waals surface area (Å²) in [6.07, 6.45) is 1.78. The van der Waals surface area contributed by atoms with Crippen LogP contribution < -0.4 is 5.32 Å². The summed E-state index contributed by atoms with van der Waals surface area (Å²) in [5.74, 6) is -0.108. The molecule has 0 saturated carbocycles. The number of carbonyl (C=O) groups is 2. The van der Waals surface area contributed by atoms with E-state index in [4.69, 9.17) is 0 Å². The van der Waals surface area contributed by atoms with Crippen molar-refractivity contribution in [2.75, 3.05) is 13.2 Å². The summed E-state index contributed by atoms with van der Waals surface area (Å²) in [6, 6.07) is 7.79. The zero-order chi connectivity index (χ0) is 21.6. The van der Waals surface area contributed by atoms with Crippen molar-refractivity contribution in [2.45, 2.75) is 59.0 Å². The molecule has 1 aromatic rings. The predicted octanol–water partition coefficient (Wildman–Crippen LogP) is 3.88. The molecule has 0 aromatic heterocycles. The zero-order valence-electron chi connectivity index (χ0n) is 17.8. The maximum atomic E-state index is 11.4. The van der Waals surface area contributed by atoms with Crippen molar-refractivity contribution in [1.29, 1.82) is 0 Å². The van der Waals surface area contributed by atoms with Gasteiger partial charge in [-0.3, -0.25) is 9.69 Å². The molecule has 160 valence electrons. The number of rotatable bonds is 10. The Morgan fingerprint density at radius 3 is 2.28 bits per heavy atom. The maximum Gasteiger partial charge on any atom is 0.412 e. The summed E-state index contributed by atoms with van der Waals surface area (Å²) >= 11 is 0. The van der Waals surface area contributed by atoms with Crippen LogP contribution in [0, 0.1) is 5.92 Å². The summed E-state index contributed by atoms with van der Waals surface area (Å²) in [5, 5.41) is 21.8. The Bertz CT molecular complexity index is 728. The van der Waals surface area contributed by atoms with E-state index < -0.39 is 18.1 Å². The Kier molecular flexibility index (Phi) is 8.08. The van der Waals surface area contributed by atoms with Gasteiger partial charge in [-0.1, -0.05) is 52.0 Å². The Balaban J connectivity index is 2.01. The van der Waals surface area contributed by atoms with Gasteiger partial charge in [0.25, 0.3) is 0 Å². The molecule has 1 aliphatic rings. The Labute approximate surface area is 173 Å². The molecule has 1 atom stereocenters. The fourth-order valence-electron chi connectivity index (χ4n) is 3.41. The second-order valence-electron chi connectivity index (χ2n) is 8.33. The first-order valence-electron chi connectivity index (χ1n) is 10.2. The van der Waals surface area contributed by atoms with Crippen molar-refractivity contribution in [1.82, 2.24) is 15.1 Å². The number of nitrogens with zero attached hydrogens (tertiary/aromatic N) is 2. The number of carboxylic acid groups (broad SMARTS) is 2. The molecule has 1 amide bonds. The van der Waals surface area contributed by atoms with Gasteiger partial charge in [-0.25, -0.2) is 4.79 Å². The van der Waals surface area contributed by atoms with E-state index in [-0.39, 0.29) is 12.6 Å². The van der Waals surface area contributed by atoms with Gasteiger partial charge in [-0.05, 0) is 29.4 Å². The minimum absolute atomic E-state index is 0.280. The fourth-order valence-corrected chi connectivity index (χ4v) is 3.41. The summed E-state index contributed by atoms with van der Waals surface area (Å²) in [7, 11) is 0. The van der Waals surface area contributed by atoms with Crippen LogP contribution in [0.1, 0.15) is 57.6 Å². The molecule has 0 radical (unpaired) electrons. The molecule has 0 bridgehead atoms. The fraction of sp³-hybridized carbons (Fsp3) is 0.545. The highest BCUT2D eigenvalue weighted by molar-refractivity contribution is 5.73. The van der Waals surface area contributed by atoms with Crippen molar-refractivity contribution in [3.05, 3.63) is 47.3 Å². The third-order valence-electron chi connectivity index (χ3n) is 5.08. The van der Waals surface area contributed by atoms with Crippen molar-refractivity contribution < 1.29 is 19.8 Å². The normalized spacial score (nSPS) is 15.2. The number of nitrogens with one attached hydrogen (secondary N) is 1. The maximum absolute atomic E-state index is 11.4. The molecule has 1 unspecified atom stereocenters. The van der Waals surface area contributed by atoms with Crippen LogP contribution in [-0.4, -0.2) is 51.3 Å². The SMILES string of the molecule is CC(C)CC(NCCC1=CN(C(=O)O)CN1Cc1ccc(C(C)C)cc1)C(=O)O. The van der Waals surface area contributed by atoms with E-state index >= 15 is 0 Å². The van der Waals surface area contributed by atoms with Crippen LogP contribution >= 0.6 is 0 Å². The van der Waals surface area contributed by atoms with E-state index in [0.29, 0.717) is 31.8 Å². The second-order valence-corrected chi connectivity index (χ2v) is 8.33. The molecule has 1 aromatic carbocycles. The van der Waals surface area contributed by atoms with Crippen LogP contribution in [0.3, 0.4) is 0 Å². The molecule has 1 heterocycles. The van der Waals surface area contributed by atoms with Crippen LogP contribution in [0.4, 0.5) is 4.79 Å². The number of amides is 1. The lowest BCUT2D eigenvalue weighted by molar-refractivity contribution is -0.139.